The van der Waals surface area contributed by atoms with E-state index in [1.54, 1.807) is 12.4 Å². The number of hydrogen-bond donors (Lipinski definition) is 2. The molecule has 2 N–H and O–H groups in total. The summed E-state index contributed by atoms with van der Waals surface area (Å²) in [6, 6.07) is 2.58. The first-order valence-electron chi connectivity index (χ1n) is 15.2. The normalized spacial score (nSPS) is 25.0. The van der Waals surface area contributed by atoms with Crippen LogP contribution in [0.2, 0.25) is 0 Å². The first kappa shape index (κ1) is 26.0. The Bertz CT molecular complexity index is 1730. The van der Waals surface area contributed by atoms with E-state index in [9.17, 15) is 0 Å². The van der Waals surface area contributed by atoms with Gasteiger partial charge >= 0.3 is 6.01 Å². The molecule has 4 aliphatic rings. The second-order valence-electron chi connectivity index (χ2n) is 12.9. The molecule has 0 amide bonds. The molecule has 4 aliphatic heterocycles. The topological polar surface area (TPSA) is 95.1 Å². The van der Waals surface area contributed by atoms with Crippen LogP contribution in [0.4, 0.5) is 10.2 Å². The Hall–Kier alpha value is -3.63. The Morgan fingerprint density at radius 1 is 1.14 bits per heavy atom. The fourth-order valence-corrected chi connectivity index (χ4v) is 8.10. The summed E-state index contributed by atoms with van der Waals surface area (Å²) in [5, 5.41) is 12.4. The molecule has 2 atom stereocenters. The van der Waals surface area contributed by atoms with Crippen LogP contribution in [0.1, 0.15) is 49.7 Å². The molecule has 2 bridgehead atoms. The van der Waals surface area contributed by atoms with Crippen LogP contribution < -0.4 is 15.0 Å². The molecule has 4 saturated heterocycles. The predicted octanol–water partition coefficient (Wildman–Crippen LogP) is 4.83. The summed E-state index contributed by atoms with van der Waals surface area (Å²) in [7, 11) is 0. The fraction of sp³-hybridized carbons (Fsp3) is 0.500. The number of ether oxygens (including phenoxy) is 1. The Kier molecular flexibility index (Phi) is 5.85. The van der Waals surface area contributed by atoms with E-state index in [0.29, 0.717) is 30.4 Å². The Morgan fingerprint density at radius 2 is 1.98 bits per heavy atom. The molecule has 4 aromatic rings. The van der Waals surface area contributed by atoms with Crippen LogP contribution in [0.3, 0.4) is 0 Å². The first-order chi connectivity index (χ1) is 20.4. The SMILES string of the molecule is C=CC12CCC(CN(c3nc(OCC45CCCN4CCC5)nc4c(F)c(-c5c(C)c(C)cc6[nH]ncc56)ncc34)C1)N2. The average Bonchev–Trinajstić information content (AvgIpc) is 3.77. The number of nitrogens with zero attached hydrogens (tertiary/aromatic N) is 6. The molecule has 4 fully saturated rings. The van der Waals surface area contributed by atoms with E-state index < -0.39 is 5.82 Å². The van der Waals surface area contributed by atoms with Gasteiger partial charge in [-0.1, -0.05) is 6.08 Å². The molecule has 0 spiro atoms. The molecular weight excluding hydrogens is 531 g/mol. The lowest BCUT2D eigenvalue weighted by Crippen LogP contribution is -2.58. The van der Waals surface area contributed by atoms with Crippen LogP contribution in [0, 0.1) is 19.7 Å². The summed E-state index contributed by atoms with van der Waals surface area (Å²) in [5.41, 5.74) is 3.95. The molecule has 42 heavy (non-hydrogen) atoms. The van der Waals surface area contributed by atoms with Gasteiger partial charge in [-0.2, -0.15) is 15.1 Å². The van der Waals surface area contributed by atoms with Crippen molar-refractivity contribution in [2.24, 2.45) is 0 Å². The zero-order valence-electron chi connectivity index (χ0n) is 24.3. The molecule has 0 radical (unpaired) electrons. The van der Waals surface area contributed by atoms with Gasteiger partial charge in [0, 0.05) is 36.3 Å². The molecule has 10 heteroatoms. The maximum atomic E-state index is 16.8. The van der Waals surface area contributed by atoms with E-state index in [1.807, 2.05) is 26.0 Å². The molecule has 0 saturated carbocycles. The number of rotatable bonds is 6. The summed E-state index contributed by atoms with van der Waals surface area (Å²) < 4.78 is 23.2. The van der Waals surface area contributed by atoms with E-state index in [0.717, 1.165) is 72.9 Å². The van der Waals surface area contributed by atoms with Crippen molar-refractivity contribution in [3.8, 4) is 17.3 Å². The number of halogens is 1. The number of aromatic nitrogens is 5. The van der Waals surface area contributed by atoms with Crippen molar-refractivity contribution in [2.45, 2.75) is 69.5 Å². The maximum Gasteiger partial charge on any atom is 0.319 e. The third-order valence-corrected chi connectivity index (χ3v) is 10.5. The number of pyridine rings is 1. The summed E-state index contributed by atoms with van der Waals surface area (Å²) in [6.45, 7) is 12.4. The standard InChI is InChI=1S/C32H37FN8O/c1-4-31-10-7-21(38-31)16-40(17-31)29-23-14-34-28(25-20(3)19(2)13-24-22(25)15-35-39-24)26(33)27(23)36-30(37-29)42-18-32-8-5-11-41(32)12-6-9-32/h4,13-15,21,38H,1,5-12,16-18H2,2-3H3,(H,35,39). The third kappa shape index (κ3) is 3.87. The van der Waals surface area contributed by atoms with Crippen LogP contribution >= 0.6 is 0 Å². The second kappa shape index (κ2) is 9.44. The number of piperazine rings is 1. The number of anilines is 1. The Morgan fingerprint density at radius 3 is 2.79 bits per heavy atom. The predicted molar refractivity (Wildman–Crippen MR) is 161 cm³/mol. The van der Waals surface area contributed by atoms with Gasteiger partial charge in [-0.05, 0) is 82.7 Å². The summed E-state index contributed by atoms with van der Waals surface area (Å²) >= 11 is 0. The lowest BCUT2D eigenvalue weighted by Gasteiger charge is -2.40. The van der Waals surface area contributed by atoms with Crippen LogP contribution in [0.15, 0.2) is 31.1 Å². The van der Waals surface area contributed by atoms with Crippen LogP contribution in [0.25, 0.3) is 33.1 Å². The Labute approximate surface area is 244 Å². The van der Waals surface area contributed by atoms with E-state index in [1.165, 1.54) is 12.8 Å². The summed E-state index contributed by atoms with van der Waals surface area (Å²) in [6.07, 6.45) is 12.2. The van der Waals surface area contributed by atoms with Crippen molar-refractivity contribution in [1.29, 1.82) is 0 Å². The zero-order valence-corrected chi connectivity index (χ0v) is 24.3. The molecule has 3 aromatic heterocycles. The molecule has 1 aromatic carbocycles. The number of benzene rings is 1. The molecule has 0 aliphatic carbocycles. The lowest BCUT2D eigenvalue weighted by molar-refractivity contribution is 0.108. The first-order valence-corrected chi connectivity index (χ1v) is 15.2. The van der Waals surface area contributed by atoms with Gasteiger partial charge in [0.05, 0.1) is 28.2 Å². The molecule has 218 valence electrons. The molecule has 7 heterocycles. The van der Waals surface area contributed by atoms with Crippen LogP contribution in [-0.2, 0) is 0 Å². The monoisotopic (exact) mass is 568 g/mol. The van der Waals surface area contributed by atoms with Crippen LogP contribution in [0.5, 0.6) is 6.01 Å². The van der Waals surface area contributed by atoms with Gasteiger partial charge in [0.25, 0.3) is 0 Å². The highest BCUT2D eigenvalue weighted by atomic mass is 19.1. The van der Waals surface area contributed by atoms with Crippen molar-refractivity contribution in [2.75, 3.05) is 37.7 Å². The number of fused-ring (bicyclic) bond motifs is 5. The number of aryl methyl sites for hydroxylation is 1. The Balaban J connectivity index is 1.27. The van der Waals surface area contributed by atoms with Gasteiger partial charge in [0.1, 0.15) is 23.6 Å². The van der Waals surface area contributed by atoms with E-state index >= 15 is 4.39 Å². The molecule has 8 rings (SSSR count). The van der Waals surface area contributed by atoms with Gasteiger partial charge in [-0.15, -0.1) is 6.58 Å². The van der Waals surface area contributed by atoms with Gasteiger partial charge < -0.3 is 15.0 Å². The van der Waals surface area contributed by atoms with Gasteiger partial charge in [0.2, 0.25) is 0 Å². The van der Waals surface area contributed by atoms with Crippen molar-refractivity contribution in [3.63, 3.8) is 0 Å². The van der Waals surface area contributed by atoms with E-state index in [-0.39, 0.29) is 28.3 Å². The number of nitrogens with one attached hydrogen (secondary N) is 2. The minimum Gasteiger partial charge on any atom is -0.461 e. The summed E-state index contributed by atoms with van der Waals surface area (Å²) in [4.78, 5) is 19.2. The minimum atomic E-state index is -0.463. The van der Waals surface area contributed by atoms with Crippen molar-refractivity contribution < 1.29 is 9.13 Å². The van der Waals surface area contributed by atoms with Crippen molar-refractivity contribution in [3.05, 3.63) is 48.1 Å². The van der Waals surface area contributed by atoms with Gasteiger partial charge in [-0.25, -0.2) is 4.39 Å². The number of H-pyrrole nitrogens is 1. The average molecular weight is 569 g/mol. The highest BCUT2D eigenvalue weighted by Crippen LogP contribution is 2.41. The minimum absolute atomic E-state index is 0.0348. The highest BCUT2D eigenvalue weighted by molar-refractivity contribution is 5.99. The lowest BCUT2D eigenvalue weighted by atomic mass is 9.95. The van der Waals surface area contributed by atoms with Crippen LogP contribution in [-0.4, -0.2) is 80.0 Å². The van der Waals surface area contributed by atoms with Gasteiger partial charge in [-0.3, -0.25) is 15.0 Å². The molecular formula is C32H37FN8O. The van der Waals surface area contributed by atoms with Crippen molar-refractivity contribution in [1.82, 2.24) is 35.4 Å². The zero-order chi connectivity index (χ0) is 28.6. The highest BCUT2D eigenvalue weighted by Gasteiger charge is 2.46. The van der Waals surface area contributed by atoms with Crippen molar-refractivity contribution >= 4 is 27.6 Å². The largest absolute Gasteiger partial charge is 0.461 e. The third-order valence-electron chi connectivity index (χ3n) is 10.5. The number of aromatic amines is 1. The number of hydrogen-bond acceptors (Lipinski definition) is 8. The quantitative estimate of drug-likeness (QED) is 0.320. The fourth-order valence-electron chi connectivity index (χ4n) is 8.10. The maximum absolute atomic E-state index is 16.8. The smallest absolute Gasteiger partial charge is 0.319 e. The summed E-state index contributed by atoms with van der Waals surface area (Å²) in [5.74, 6) is 0.212. The molecule has 9 nitrogen and oxygen atoms in total. The van der Waals surface area contributed by atoms with Gasteiger partial charge in [0.15, 0.2) is 5.82 Å². The second-order valence-corrected chi connectivity index (χ2v) is 12.9. The molecule has 2 unspecified atom stereocenters. The van der Waals surface area contributed by atoms with E-state index in [2.05, 4.69) is 31.9 Å². The van der Waals surface area contributed by atoms with E-state index in [4.69, 9.17) is 19.7 Å².